The van der Waals surface area contributed by atoms with Gasteiger partial charge in [0.1, 0.15) is 11.5 Å². The summed E-state index contributed by atoms with van der Waals surface area (Å²) in [4.78, 5) is 23.5. The van der Waals surface area contributed by atoms with E-state index in [0.717, 1.165) is 6.54 Å². The summed E-state index contributed by atoms with van der Waals surface area (Å²) in [5, 5.41) is 8.35. The van der Waals surface area contributed by atoms with Crippen LogP contribution in [0.3, 0.4) is 0 Å². The largest absolute Gasteiger partial charge is 0.497 e. The molecule has 0 aliphatic heterocycles. The molecular formula is C16H23N3O4. The summed E-state index contributed by atoms with van der Waals surface area (Å²) < 4.78 is 10.3. The van der Waals surface area contributed by atoms with E-state index in [0.29, 0.717) is 23.1 Å². The van der Waals surface area contributed by atoms with Crippen molar-refractivity contribution >= 4 is 17.5 Å². The minimum Gasteiger partial charge on any atom is -0.497 e. The number of carbonyl (C=O) groups is 2. The van der Waals surface area contributed by atoms with E-state index >= 15 is 0 Å². The third-order valence-corrected chi connectivity index (χ3v) is 3.50. The minimum absolute atomic E-state index is 0.0799. The first-order valence-electron chi connectivity index (χ1n) is 7.61. The molecule has 23 heavy (non-hydrogen) atoms. The topological polar surface area (TPSA) is 88.7 Å². The first-order valence-corrected chi connectivity index (χ1v) is 7.61. The fourth-order valence-electron chi connectivity index (χ4n) is 2.04. The molecule has 126 valence electrons. The van der Waals surface area contributed by atoms with E-state index in [2.05, 4.69) is 16.0 Å². The van der Waals surface area contributed by atoms with Gasteiger partial charge in [0.05, 0.1) is 27.3 Å². The Kier molecular flexibility index (Phi) is 6.22. The second-order valence-corrected chi connectivity index (χ2v) is 5.50. The number of methoxy groups -OCH3 is 2. The lowest BCUT2D eigenvalue weighted by Crippen LogP contribution is -2.38. The van der Waals surface area contributed by atoms with Crippen molar-refractivity contribution in [1.29, 1.82) is 0 Å². The summed E-state index contributed by atoms with van der Waals surface area (Å²) in [5.74, 6) is 1.37. The molecule has 0 spiro atoms. The lowest BCUT2D eigenvalue weighted by Gasteiger charge is -2.10. The van der Waals surface area contributed by atoms with Crippen molar-refractivity contribution in [2.75, 3.05) is 39.2 Å². The summed E-state index contributed by atoms with van der Waals surface area (Å²) >= 11 is 0. The molecule has 0 atom stereocenters. The van der Waals surface area contributed by atoms with E-state index in [1.54, 1.807) is 18.2 Å². The molecule has 1 aromatic rings. The molecule has 7 heteroatoms. The van der Waals surface area contributed by atoms with Crippen molar-refractivity contribution in [2.45, 2.75) is 12.8 Å². The molecule has 0 heterocycles. The van der Waals surface area contributed by atoms with Crippen molar-refractivity contribution in [3.63, 3.8) is 0 Å². The van der Waals surface area contributed by atoms with Crippen molar-refractivity contribution < 1.29 is 19.1 Å². The van der Waals surface area contributed by atoms with Gasteiger partial charge < -0.3 is 25.4 Å². The van der Waals surface area contributed by atoms with Crippen LogP contribution in [0.4, 0.5) is 5.69 Å². The Bertz CT molecular complexity index is 536. The highest BCUT2D eigenvalue weighted by Gasteiger charge is 2.20. The highest BCUT2D eigenvalue weighted by atomic mass is 16.5. The molecule has 1 aliphatic rings. The molecule has 0 aromatic heterocycles. The minimum atomic E-state index is -0.309. The zero-order valence-corrected chi connectivity index (χ0v) is 13.5. The quantitative estimate of drug-likeness (QED) is 0.625. The number of ether oxygens (including phenoxy) is 2. The smallest absolute Gasteiger partial charge is 0.243 e. The van der Waals surface area contributed by atoms with Crippen LogP contribution in [-0.4, -0.2) is 45.7 Å². The average Bonchev–Trinajstić information content (AvgIpc) is 3.36. The maximum atomic E-state index is 11.9. The molecule has 0 bridgehead atoms. The van der Waals surface area contributed by atoms with E-state index in [-0.39, 0.29) is 24.9 Å². The molecule has 2 rings (SSSR count). The number of benzene rings is 1. The van der Waals surface area contributed by atoms with Gasteiger partial charge in [0.15, 0.2) is 0 Å². The van der Waals surface area contributed by atoms with Crippen molar-refractivity contribution in [1.82, 2.24) is 10.6 Å². The SMILES string of the molecule is COc1cc(NC(=O)CNC(=O)CNCC2CC2)cc(OC)c1. The van der Waals surface area contributed by atoms with Gasteiger partial charge in [-0.2, -0.15) is 0 Å². The third-order valence-electron chi connectivity index (χ3n) is 3.50. The van der Waals surface area contributed by atoms with Gasteiger partial charge in [-0.1, -0.05) is 0 Å². The Hall–Kier alpha value is -2.28. The fourth-order valence-corrected chi connectivity index (χ4v) is 2.04. The van der Waals surface area contributed by atoms with E-state index < -0.39 is 0 Å². The van der Waals surface area contributed by atoms with Crippen LogP contribution >= 0.6 is 0 Å². The molecule has 1 aromatic carbocycles. The number of carbonyl (C=O) groups excluding carboxylic acids is 2. The third kappa shape index (κ3) is 6.15. The standard InChI is InChI=1S/C16H23N3O4/c1-22-13-5-12(6-14(7-13)23-2)19-16(21)10-18-15(20)9-17-8-11-3-4-11/h5-7,11,17H,3-4,8-10H2,1-2H3,(H,18,20)(H,19,21). The fraction of sp³-hybridized carbons (Fsp3) is 0.500. The zero-order valence-electron chi connectivity index (χ0n) is 13.5. The number of hydrogen-bond donors (Lipinski definition) is 3. The number of nitrogens with one attached hydrogen (secondary N) is 3. The molecular weight excluding hydrogens is 298 g/mol. The van der Waals surface area contributed by atoms with Gasteiger partial charge in [-0.15, -0.1) is 0 Å². The highest BCUT2D eigenvalue weighted by Crippen LogP contribution is 2.27. The van der Waals surface area contributed by atoms with Crippen LogP contribution in [0.1, 0.15) is 12.8 Å². The number of hydrogen-bond acceptors (Lipinski definition) is 5. The molecule has 0 unspecified atom stereocenters. The van der Waals surface area contributed by atoms with Crippen LogP contribution in [0.25, 0.3) is 0 Å². The predicted molar refractivity (Wildman–Crippen MR) is 86.8 cm³/mol. The first kappa shape index (κ1) is 17.1. The monoisotopic (exact) mass is 321 g/mol. The molecule has 7 nitrogen and oxygen atoms in total. The summed E-state index contributed by atoms with van der Waals surface area (Å²) in [6.07, 6.45) is 2.47. The average molecular weight is 321 g/mol. The van der Waals surface area contributed by atoms with Crippen LogP contribution in [0.5, 0.6) is 11.5 Å². The van der Waals surface area contributed by atoms with Crippen LogP contribution in [0.2, 0.25) is 0 Å². The van der Waals surface area contributed by atoms with Crippen LogP contribution in [0, 0.1) is 5.92 Å². The Balaban J connectivity index is 1.73. The van der Waals surface area contributed by atoms with Gasteiger partial charge >= 0.3 is 0 Å². The number of amides is 2. The van der Waals surface area contributed by atoms with Gasteiger partial charge in [0.2, 0.25) is 11.8 Å². The van der Waals surface area contributed by atoms with Crippen LogP contribution in [0.15, 0.2) is 18.2 Å². The summed E-state index contributed by atoms with van der Waals surface area (Å²) in [6, 6.07) is 5.07. The van der Waals surface area contributed by atoms with E-state index in [4.69, 9.17) is 9.47 Å². The Morgan fingerprint density at radius 2 is 1.70 bits per heavy atom. The van der Waals surface area contributed by atoms with Crippen molar-refractivity contribution in [3.8, 4) is 11.5 Å². The predicted octanol–water partition coefficient (Wildman–Crippen LogP) is 0.758. The van der Waals surface area contributed by atoms with Crippen molar-refractivity contribution in [3.05, 3.63) is 18.2 Å². The Morgan fingerprint density at radius 3 is 2.26 bits per heavy atom. The molecule has 0 radical (unpaired) electrons. The molecule has 1 saturated carbocycles. The lowest BCUT2D eigenvalue weighted by atomic mass is 10.2. The summed E-state index contributed by atoms with van der Waals surface area (Å²) in [7, 11) is 3.07. The number of anilines is 1. The maximum absolute atomic E-state index is 11.9. The van der Waals surface area contributed by atoms with Gasteiger partial charge in [0.25, 0.3) is 0 Å². The highest BCUT2D eigenvalue weighted by molar-refractivity contribution is 5.95. The molecule has 3 N–H and O–H groups in total. The Labute approximate surface area is 135 Å². The van der Waals surface area contributed by atoms with E-state index in [9.17, 15) is 9.59 Å². The van der Waals surface area contributed by atoms with Gasteiger partial charge in [-0.3, -0.25) is 9.59 Å². The normalized spacial score (nSPS) is 13.3. The van der Waals surface area contributed by atoms with Crippen LogP contribution < -0.4 is 25.4 Å². The summed E-state index contributed by atoms with van der Waals surface area (Å²) in [5.41, 5.74) is 0.548. The first-order chi connectivity index (χ1) is 11.1. The molecule has 0 saturated heterocycles. The molecule has 2 amide bonds. The second-order valence-electron chi connectivity index (χ2n) is 5.50. The lowest BCUT2D eigenvalue weighted by molar-refractivity contribution is -0.123. The second kappa shape index (κ2) is 8.38. The van der Waals surface area contributed by atoms with Gasteiger partial charge in [-0.05, 0) is 25.3 Å². The van der Waals surface area contributed by atoms with Gasteiger partial charge in [-0.25, -0.2) is 0 Å². The van der Waals surface area contributed by atoms with Crippen LogP contribution in [-0.2, 0) is 9.59 Å². The summed E-state index contributed by atoms with van der Waals surface area (Å²) in [6.45, 7) is 1.02. The zero-order chi connectivity index (χ0) is 16.7. The number of rotatable bonds is 9. The molecule has 1 fully saturated rings. The Morgan fingerprint density at radius 1 is 1.04 bits per heavy atom. The van der Waals surface area contributed by atoms with Gasteiger partial charge in [0, 0.05) is 23.9 Å². The van der Waals surface area contributed by atoms with E-state index in [1.165, 1.54) is 27.1 Å². The van der Waals surface area contributed by atoms with Crippen molar-refractivity contribution in [2.24, 2.45) is 5.92 Å². The molecule has 1 aliphatic carbocycles. The van der Waals surface area contributed by atoms with E-state index in [1.807, 2.05) is 0 Å². The maximum Gasteiger partial charge on any atom is 0.243 e.